The Morgan fingerprint density at radius 2 is 2.27 bits per heavy atom. The van der Waals surface area contributed by atoms with Crippen molar-refractivity contribution in [2.45, 2.75) is 6.43 Å². The van der Waals surface area contributed by atoms with Gasteiger partial charge in [0.05, 0.1) is 12.7 Å². The number of nitrogens with zero attached hydrogens (tertiary/aromatic N) is 1. The van der Waals surface area contributed by atoms with E-state index in [1.165, 1.54) is 0 Å². The Morgan fingerprint density at radius 1 is 1.67 bits per heavy atom. The number of pyridine rings is 1. The van der Waals surface area contributed by atoms with Gasteiger partial charge in [0.15, 0.2) is 0 Å². The molecule has 4 nitrogen and oxygen atoms in total. The van der Waals surface area contributed by atoms with Crippen LogP contribution in [0.1, 0.15) is 22.3 Å². The lowest BCUT2D eigenvalue weighted by Gasteiger charge is -2.11. The molecular weight excluding hydrogens is 230 g/mol. The predicted molar refractivity (Wildman–Crippen MR) is 49.3 cm³/mol. The molecule has 15 heavy (non-hydrogen) atoms. The first-order chi connectivity index (χ1) is 6.99. The SMILES string of the molecule is COc1c(C(N)=O)cnc(Cl)c1C(F)F. The third kappa shape index (κ3) is 2.15. The quantitative estimate of drug-likeness (QED) is 0.814. The van der Waals surface area contributed by atoms with E-state index in [1.807, 2.05) is 0 Å². The third-order valence-corrected chi connectivity index (χ3v) is 2.01. The number of nitrogens with two attached hydrogens (primary N) is 1. The van der Waals surface area contributed by atoms with Crippen molar-refractivity contribution in [2.75, 3.05) is 7.11 Å². The second-order valence-corrected chi connectivity index (χ2v) is 2.93. The van der Waals surface area contributed by atoms with Crippen LogP contribution in [0.3, 0.4) is 0 Å². The van der Waals surface area contributed by atoms with E-state index in [2.05, 4.69) is 9.72 Å². The molecule has 0 atom stereocenters. The molecule has 0 fully saturated rings. The number of carbonyl (C=O) groups excluding carboxylic acids is 1. The molecule has 1 aromatic heterocycles. The third-order valence-electron chi connectivity index (χ3n) is 1.71. The molecule has 0 aromatic carbocycles. The maximum Gasteiger partial charge on any atom is 0.270 e. The van der Waals surface area contributed by atoms with Crippen molar-refractivity contribution in [3.63, 3.8) is 0 Å². The van der Waals surface area contributed by atoms with E-state index in [1.54, 1.807) is 0 Å². The fourth-order valence-corrected chi connectivity index (χ4v) is 1.29. The van der Waals surface area contributed by atoms with Crippen LogP contribution in [0.2, 0.25) is 5.15 Å². The first-order valence-electron chi connectivity index (χ1n) is 3.79. The summed E-state index contributed by atoms with van der Waals surface area (Å²) in [5, 5.41) is -0.410. The second-order valence-electron chi connectivity index (χ2n) is 2.57. The van der Waals surface area contributed by atoms with Gasteiger partial charge in [-0.25, -0.2) is 13.8 Å². The summed E-state index contributed by atoms with van der Waals surface area (Å²) in [5.74, 6) is -1.24. The van der Waals surface area contributed by atoms with E-state index < -0.39 is 23.0 Å². The highest BCUT2D eigenvalue weighted by molar-refractivity contribution is 6.30. The van der Waals surface area contributed by atoms with Crippen LogP contribution in [-0.4, -0.2) is 18.0 Å². The summed E-state index contributed by atoms with van der Waals surface area (Å²) in [6, 6.07) is 0. The lowest BCUT2D eigenvalue weighted by molar-refractivity contribution is 0.0995. The lowest BCUT2D eigenvalue weighted by Crippen LogP contribution is -2.14. The van der Waals surface area contributed by atoms with Crippen molar-refractivity contribution < 1.29 is 18.3 Å². The van der Waals surface area contributed by atoms with Crippen molar-refractivity contribution >= 4 is 17.5 Å². The Hall–Kier alpha value is -1.43. The molecule has 1 amide bonds. The van der Waals surface area contributed by atoms with Crippen molar-refractivity contribution in [3.8, 4) is 5.75 Å². The zero-order chi connectivity index (χ0) is 11.6. The van der Waals surface area contributed by atoms with E-state index in [9.17, 15) is 13.6 Å². The summed E-state index contributed by atoms with van der Waals surface area (Å²) in [7, 11) is 1.14. The van der Waals surface area contributed by atoms with Gasteiger partial charge in [0.1, 0.15) is 16.5 Å². The summed E-state index contributed by atoms with van der Waals surface area (Å²) < 4.78 is 29.8. The molecule has 1 heterocycles. The number of aromatic nitrogens is 1. The standard InChI is InChI=1S/C8H7ClF2N2O2/c1-15-5-3(8(12)14)2-13-6(9)4(5)7(10)11/h2,7H,1H3,(H2,12,14). The molecule has 0 unspecified atom stereocenters. The zero-order valence-corrected chi connectivity index (χ0v) is 8.39. The molecule has 0 radical (unpaired) electrons. The lowest BCUT2D eigenvalue weighted by atomic mass is 10.1. The molecule has 1 rings (SSSR count). The average molecular weight is 237 g/mol. The Balaban J connectivity index is 3.47. The van der Waals surface area contributed by atoms with Gasteiger partial charge in [-0.1, -0.05) is 11.6 Å². The van der Waals surface area contributed by atoms with Gasteiger partial charge < -0.3 is 10.5 Å². The van der Waals surface area contributed by atoms with Crippen molar-refractivity contribution in [1.82, 2.24) is 4.98 Å². The zero-order valence-electron chi connectivity index (χ0n) is 7.63. The van der Waals surface area contributed by atoms with E-state index in [0.29, 0.717) is 0 Å². The van der Waals surface area contributed by atoms with E-state index in [0.717, 1.165) is 13.3 Å². The van der Waals surface area contributed by atoms with Crippen LogP contribution in [0.25, 0.3) is 0 Å². The van der Waals surface area contributed by atoms with Crippen molar-refractivity contribution in [2.24, 2.45) is 5.73 Å². The molecule has 7 heteroatoms. The minimum absolute atomic E-state index is 0.225. The molecule has 0 saturated carbocycles. The highest BCUT2D eigenvalue weighted by Crippen LogP contribution is 2.35. The molecular formula is C8H7ClF2N2O2. The number of rotatable bonds is 3. The van der Waals surface area contributed by atoms with Gasteiger partial charge in [-0.2, -0.15) is 0 Å². The topological polar surface area (TPSA) is 65.2 Å². The minimum atomic E-state index is -2.89. The van der Waals surface area contributed by atoms with Crippen molar-refractivity contribution in [3.05, 3.63) is 22.5 Å². The van der Waals surface area contributed by atoms with Crippen LogP contribution in [-0.2, 0) is 0 Å². The molecule has 2 N–H and O–H groups in total. The van der Waals surface area contributed by atoms with Gasteiger partial charge in [-0.3, -0.25) is 4.79 Å². The number of alkyl halides is 2. The van der Waals surface area contributed by atoms with Crippen LogP contribution in [0.4, 0.5) is 8.78 Å². The largest absolute Gasteiger partial charge is 0.495 e. The Labute approximate surface area is 89.0 Å². The number of hydrogen-bond acceptors (Lipinski definition) is 3. The summed E-state index contributed by atoms with van der Waals surface area (Å²) in [5.41, 5.74) is 4.11. The van der Waals surface area contributed by atoms with E-state index in [4.69, 9.17) is 17.3 Å². The van der Waals surface area contributed by atoms with Crippen LogP contribution in [0.5, 0.6) is 5.75 Å². The molecule has 0 bridgehead atoms. The summed E-state index contributed by atoms with van der Waals surface area (Å²) >= 11 is 5.46. The second kappa shape index (κ2) is 4.39. The predicted octanol–water partition coefficient (Wildman–Crippen LogP) is 1.78. The highest BCUT2D eigenvalue weighted by Gasteiger charge is 2.24. The van der Waals surface area contributed by atoms with E-state index in [-0.39, 0.29) is 11.3 Å². The number of methoxy groups -OCH3 is 1. The first-order valence-corrected chi connectivity index (χ1v) is 4.17. The van der Waals surface area contributed by atoms with Gasteiger partial charge >= 0.3 is 0 Å². The van der Waals surface area contributed by atoms with E-state index >= 15 is 0 Å². The van der Waals surface area contributed by atoms with Gasteiger partial charge in [0.2, 0.25) is 0 Å². The number of amides is 1. The van der Waals surface area contributed by atoms with Crippen LogP contribution < -0.4 is 10.5 Å². The summed E-state index contributed by atoms with van der Waals surface area (Å²) in [6.45, 7) is 0. The Morgan fingerprint density at radius 3 is 2.67 bits per heavy atom. The fourth-order valence-electron chi connectivity index (χ4n) is 1.07. The molecule has 0 spiro atoms. The number of primary amides is 1. The van der Waals surface area contributed by atoms with Gasteiger partial charge in [-0.15, -0.1) is 0 Å². The highest BCUT2D eigenvalue weighted by atomic mass is 35.5. The van der Waals surface area contributed by atoms with Crippen LogP contribution in [0, 0.1) is 0 Å². The van der Waals surface area contributed by atoms with Crippen LogP contribution in [0.15, 0.2) is 6.20 Å². The maximum atomic E-state index is 12.6. The molecule has 0 aliphatic rings. The number of ether oxygens (including phenoxy) is 1. The normalized spacial score (nSPS) is 10.5. The summed E-state index contributed by atoms with van der Waals surface area (Å²) in [4.78, 5) is 14.3. The van der Waals surface area contributed by atoms with Crippen LogP contribution >= 0.6 is 11.6 Å². The molecule has 0 aliphatic carbocycles. The summed E-state index contributed by atoms with van der Waals surface area (Å²) in [6.07, 6.45) is -1.89. The maximum absolute atomic E-state index is 12.6. The molecule has 1 aromatic rings. The minimum Gasteiger partial charge on any atom is -0.495 e. The number of carbonyl (C=O) groups is 1. The average Bonchev–Trinajstić information content (AvgIpc) is 2.15. The number of hydrogen-bond donors (Lipinski definition) is 1. The van der Waals surface area contributed by atoms with Gasteiger partial charge in [-0.05, 0) is 0 Å². The molecule has 0 saturated heterocycles. The van der Waals surface area contributed by atoms with Gasteiger partial charge in [0, 0.05) is 6.20 Å². The first kappa shape index (κ1) is 11.6. The molecule has 0 aliphatic heterocycles. The van der Waals surface area contributed by atoms with Crippen molar-refractivity contribution in [1.29, 1.82) is 0 Å². The Bertz CT molecular complexity index is 398. The molecule has 82 valence electrons. The fraction of sp³-hybridized carbons (Fsp3) is 0.250. The number of halogens is 3. The Kier molecular flexibility index (Phi) is 3.41. The monoisotopic (exact) mass is 236 g/mol. The smallest absolute Gasteiger partial charge is 0.270 e. The van der Waals surface area contributed by atoms with Gasteiger partial charge in [0.25, 0.3) is 12.3 Å².